The van der Waals surface area contributed by atoms with E-state index < -0.39 is 0 Å². The minimum atomic E-state index is -0.350. The van der Waals surface area contributed by atoms with Crippen molar-refractivity contribution in [2.75, 3.05) is 31.7 Å². The highest BCUT2D eigenvalue weighted by atomic mass is 32.2. The molecule has 27 heavy (non-hydrogen) atoms. The predicted molar refractivity (Wildman–Crippen MR) is 105 cm³/mol. The highest BCUT2D eigenvalue weighted by molar-refractivity contribution is 8.00. The molecule has 6 nitrogen and oxygen atoms in total. The van der Waals surface area contributed by atoms with E-state index in [2.05, 4.69) is 10.3 Å². The number of thioether (sulfide) groups is 1. The van der Waals surface area contributed by atoms with E-state index in [0.29, 0.717) is 17.3 Å². The Hall–Kier alpha value is -2.19. The number of halogens is 1. The molecule has 1 aromatic heterocycles. The van der Waals surface area contributed by atoms with E-state index in [1.54, 1.807) is 4.57 Å². The van der Waals surface area contributed by atoms with Crippen LogP contribution in [0.1, 0.15) is 17.7 Å². The third kappa shape index (κ3) is 4.95. The van der Waals surface area contributed by atoms with E-state index in [4.69, 9.17) is 0 Å². The highest BCUT2D eigenvalue weighted by Gasteiger charge is 2.22. The van der Waals surface area contributed by atoms with E-state index in [9.17, 15) is 14.0 Å². The zero-order valence-electron chi connectivity index (χ0n) is 15.5. The van der Waals surface area contributed by atoms with Gasteiger partial charge in [-0.3, -0.25) is 9.36 Å². The van der Waals surface area contributed by atoms with E-state index in [1.165, 1.54) is 36.0 Å². The summed E-state index contributed by atoms with van der Waals surface area (Å²) in [7, 11) is 3.95. The molecular formula is C19H23FN4O2S. The molecule has 0 unspecified atom stereocenters. The minimum absolute atomic E-state index is 0.151. The summed E-state index contributed by atoms with van der Waals surface area (Å²) in [6, 6.07) is 5.62. The molecule has 0 fully saturated rings. The van der Waals surface area contributed by atoms with Gasteiger partial charge in [-0.1, -0.05) is 11.8 Å². The number of benzene rings is 1. The summed E-state index contributed by atoms with van der Waals surface area (Å²) in [5.74, 6) is -0.410. The van der Waals surface area contributed by atoms with Gasteiger partial charge < -0.3 is 10.2 Å². The number of amides is 1. The summed E-state index contributed by atoms with van der Waals surface area (Å²) in [6.45, 7) is 1.40. The third-order valence-corrected chi connectivity index (χ3v) is 5.46. The molecule has 0 saturated carbocycles. The Bertz CT molecular complexity index is 881. The van der Waals surface area contributed by atoms with Crippen molar-refractivity contribution in [1.29, 1.82) is 0 Å². The lowest BCUT2D eigenvalue weighted by Crippen LogP contribution is -2.31. The fourth-order valence-electron chi connectivity index (χ4n) is 3.10. The van der Waals surface area contributed by atoms with Gasteiger partial charge in [-0.15, -0.1) is 0 Å². The molecule has 8 heteroatoms. The smallest absolute Gasteiger partial charge is 0.325 e. The van der Waals surface area contributed by atoms with Gasteiger partial charge in [-0.25, -0.2) is 9.18 Å². The van der Waals surface area contributed by atoms with Gasteiger partial charge in [0.1, 0.15) is 10.8 Å². The van der Waals surface area contributed by atoms with Crippen LogP contribution >= 0.6 is 11.8 Å². The highest BCUT2D eigenvalue weighted by Crippen LogP contribution is 2.29. The molecule has 1 aliphatic rings. The van der Waals surface area contributed by atoms with Crippen LogP contribution in [-0.4, -0.2) is 46.8 Å². The van der Waals surface area contributed by atoms with Gasteiger partial charge in [0, 0.05) is 30.0 Å². The van der Waals surface area contributed by atoms with Gasteiger partial charge in [0.2, 0.25) is 5.91 Å². The van der Waals surface area contributed by atoms with Crippen LogP contribution in [0.2, 0.25) is 0 Å². The van der Waals surface area contributed by atoms with Gasteiger partial charge in [0.05, 0.1) is 5.75 Å². The first-order valence-corrected chi connectivity index (χ1v) is 9.88. The molecular weight excluding hydrogens is 367 g/mol. The second-order valence-electron chi connectivity index (χ2n) is 6.78. The molecule has 0 atom stereocenters. The summed E-state index contributed by atoms with van der Waals surface area (Å²) in [5, 5.41) is 3.38. The fourth-order valence-corrected chi connectivity index (χ4v) is 3.98. The number of nitrogens with one attached hydrogen (secondary N) is 1. The van der Waals surface area contributed by atoms with Gasteiger partial charge >= 0.3 is 5.69 Å². The number of anilines is 1. The molecule has 1 amide bonds. The van der Waals surface area contributed by atoms with Crippen molar-refractivity contribution in [2.45, 2.75) is 30.8 Å². The zero-order chi connectivity index (χ0) is 19.4. The van der Waals surface area contributed by atoms with Crippen molar-refractivity contribution in [3.63, 3.8) is 0 Å². The van der Waals surface area contributed by atoms with Crippen molar-refractivity contribution in [3.05, 3.63) is 51.8 Å². The Morgan fingerprint density at radius 2 is 2.04 bits per heavy atom. The van der Waals surface area contributed by atoms with Crippen molar-refractivity contribution in [2.24, 2.45) is 0 Å². The Balaban J connectivity index is 1.69. The second kappa shape index (κ2) is 8.67. The Morgan fingerprint density at radius 3 is 2.74 bits per heavy atom. The number of carbonyl (C=O) groups is 1. The van der Waals surface area contributed by atoms with Crippen LogP contribution in [0.5, 0.6) is 0 Å². The standard InChI is InChI=1S/C19H23FN4O2S/c1-23(2)10-11-24-16-5-3-4-15(16)18(22-19(24)26)27-12-17(25)21-14-8-6-13(20)7-9-14/h6-9H,3-5,10-12H2,1-2H3,(H,21,25). The fraction of sp³-hybridized carbons (Fsp3) is 0.421. The number of hydrogen-bond donors (Lipinski definition) is 1. The molecule has 1 aromatic carbocycles. The molecule has 0 aliphatic heterocycles. The van der Waals surface area contributed by atoms with E-state index >= 15 is 0 Å². The molecule has 3 rings (SSSR count). The molecule has 0 radical (unpaired) electrons. The topological polar surface area (TPSA) is 67.2 Å². The number of carbonyl (C=O) groups excluding carboxylic acids is 1. The van der Waals surface area contributed by atoms with Crippen LogP contribution < -0.4 is 11.0 Å². The Labute approximate surface area is 161 Å². The molecule has 1 heterocycles. The van der Waals surface area contributed by atoms with Gasteiger partial charge in [-0.2, -0.15) is 4.98 Å². The monoisotopic (exact) mass is 390 g/mol. The first-order chi connectivity index (χ1) is 12.9. The van der Waals surface area contributed by atoms with E-state index in [-0.39, 0.29) is 23.2 Å². The largest absolute Gasteiger partial charge is 0.348 e. The molecule has 144 valence electrons. The van der Waals surface area contributed by atoms with Crippen molar-refractivity contribution >= 4 is 23.4 Å². The summed E-state index contributed by atoms with van der Waals surface area (Å²) in [5.41, 5.74) is 2.43. The molecule has 1 aliphatic carbocycles. The van der Waals surface area contributed by atoms with Crippen LogP contribution in [0, 0.1) is 5.82 Å². The van der Waals surface area contributed by atoms with Crippen LogP contribution in [0.25, 0.3) is 0 Å². The summed E-state index contributed by atoms with van der Waals surface area (Å²) >= 11 is 1.28. The van der Waals surface area contributed by atoms with Crippen molar-refractivity contribution in [1.82, 2.24) is 14.5 Å². The average molecular weight is 390 g/mol. The maximum absolute atomic E-state index is 12.9. The quantitative estimate of drug-likeness (QED) is 0.580. The summed E-state index contributed by atoms with van der Waals surface area (Å²) in [4.78, 5) is 30.9. The second-order valence-corrected chi connectivity index (χ2v) is 7.74. The van der Waals surface area contributed by atoms with Crippen molar-refractivity contribution in [3.8, 4) is 0 Å². The Kier molecular flexibility index (Phi) is 6.28. The normalized spacial score (nSPS) is 13.0. The number of hydrogen-bond acceptors (Lipinski definition) is 5. The molecule has 2 aromatic rings. The van der Waals surface area contributed by atoms with Gasteiger partial charge in [-0.05, 0) is 57.6 Å². The number of fused-ring (bicyclic) bond motifs is 1. The van der Waals surface area contributed by atoms with E-state index in [1.807, 2.05) is 19.0 Å². The summed E-state index contributed by atoms with van der Waals surface area (Å²) < 4.78 is 14.7. The van der Waals surface area contributed by atoms with Crippen LogP contribution in [0.15, 0.2) is 34.1 Å². The predicted octanol–water partition coefficient (Wildman–Crippen LogP) is 2.16. The van der Waals surface area contributed by atoms with E-state index in [0.717, 1.165) is 37.1 Å². The lowest BCUT2D eigenvalue weighted by Gasteiger charge is -2.16. The summed E-state index contributed by atoms with van der Waals surface area (Å²) in [6.07, 6.45) is 2.75. The third-order valence-electron chi connectivity index (χ3n) is 4.44. The number of aromatic nitrogens is 2. The Morgan fingerprint density at radius 1 is 1.30 bits per heavy atom. The first-order valence-electron chi connectivity index (χ1n) is 8.89. The SMILES string of the molecule is CN(C)CCn1c2c(c(SCC(=O)Nc3ccc(F)cc3)nc1=O)CCC2. The number of rotatable bonds is 7. The molecule has 0 spiro atoms. The lowest BCUT2D eigenvalue weighted by molar-refractivity contribution is -0.113. The number of nitrogens with zero attached hydrogens (tertiary/aromatic N) is 3. The maximum Gasteiger partial charge on any atom is 0.348 e. The minimum Gasteiger partial charge on any atom is -0.325 e. The first kappa shape index (κ1) is 19.6. The average Bonchev–Trinajstić information content (AvgIpc) is 3.10. The van der Waals surface area contributed by atoms with Crippen LogP contribution in [0.4, 0.5) is 10.1 Å². The zero-order valence-corrected chi connectivity index (χ0v) is 16.3. The van der Waals surface area contributed by atoms with Crippen LogP contribution in [-0.2, 0) is 24.2 Å². The maximum atomic E-state index is 12.9. The lowest BCUT2D eigenvalue weighted by atomic mass is 10.2. The van der Waals surface area contributed by atoms with Crippen molar-refractivity contribution < 1.29 is 9.18 Å². The number of likely N-dealkylation sites (N-methyl/N-ethyl adjacent to an activating group) is 1. The molecule has 1 N–H and O–H groups in total. The van der Waals surface area contributed by atoms with Gasteiger partial charge in [0.15, 0.2) is 0 Å². The van der Waals surface area contributed by atoms with Gasteiger partial charge in [0.25, 0.3) is 0 Å². The molecule has 0 saturated heterocycles. The molecule has 0 bridgehead atoms. The van der Waals surface area contributed by atoms with Crippen LogP contribution in [0.3, 0.4) is 0 Å².